The van der Waals surface area contributed by atoms with Gasteiger partial charge >= 0.3 is 0 Å². The summed E-state index contributed by atoms with van der Waals surface area (Å²) in [7, 11) is -3.43. The lowest BCUT2D eigenvalue weighted by Crippen LogP contribution is -2.13. The lowest BCUT2D eigenvalue weighted by atomic mass is 10.2. The molecule has 0 saturated carbocycles. The van der Waals surface area contributed by atoms with Crippen LogP contribution < -0.4 is 5.32 Å². The van der Waals surface area contributed by atoms with Gasteiger partial charge in [-0.2, -0.15) is 0 Å². The van der Waals surface area contributed by atoms with E-state index in [1.165, 1.54) is 12.1 Å². The Morgan fingerprint density at radius 1 is 1.05 bits per heavy atom. The monoisotopic (exact) mass is 315 g/mol. The van der Waals surface area contributed by atoms with Gasteiger partial charge in [-0.1, -0.05) is 30.3 Å². The molecule has 3 rings (SSSR count). The highest BCUT2D eigenvalue weighted by molar-refractivity contribution is 7.90. The van der Waals surface area contributed by atoms with Gasteiger partial charge in [0.2, 0.25) is 0 Å². The third-order valence-electron chi connectivity index (χ3n) is 3.18. The third-order valence-corrected chi connectivity index (χ3v) is 4.34. The van der Waals surface area contributed by atoms with Gasteiger partial charge in [0.25, 0.3) is 5.91 Å². The second-order valence-electron chi connectivity index (χ2n) is 4.87. The Morgan fingerprint density at radius 3 is 2.45 bits per heavy atom. The molecule has 0 aliphatic rings. The molecule has 0 spiro atoms. The largest absolute Gasteiger partial charge is 0.451 e. The highest BCUT2D eigenvalue weighted by Crippen LogP contribution is 2.23. The van der Waals surface area contributed by atoms with Crippen molar-refractivity contribution in [1.82, 2.24) is 0 Å². The summed E-state index contributed by atoms with van der Waals surface area (Å²) >= 11 is 0. The lowest BCUT2D eigenvalue weighted by Gasteiger charge is -2.08. The Hall–Kier alpha value is -2.60. The number of nitrogens with one attached hydrogen (secondary N) is 1. The maximum Gasteiger partial charge on any atom is 0.291 e. The summed E-state index contributed by atoms with van der Waals surface area (Å²) in [4.78, 5) is 12.3. The number of hydrogen-bond donors (Lipinski definition) is 1. The zero-order valence-corrected chi connectivity index (χ0v) is 12.6. The first-order valence-electron chi connectivity index (χ1n) is 6.54. The van der Waals surface area contributed by atoms with Gasteiger partial charge in [-0.15, -0.1) is 0 Å². The molecule has 1 N–H and O–H groups in total. The van der Waals surface area contributed by atoms with E-state index in [-0.39, 0.29) is 16.3 Å². The molecule has 0 radical (unpaired) electrons. The van der Waals surface area contributed by atoms with Crippen LogP contribution in [-0.2, 0) is 9.84 Å². The van der Waals surface area contributed by atoms with Crippen LogP contribution in [0, 0.1) is 0 Å². The zero-order chi connectivity index (χ0) is 15.7. The maximum atomic E-state index is 12.3. The summed E-state index contributed by atoms with van der Waals surface area (Å²) in [5.74, 6) is -0.364. The Morgan fingerprint density at radius 2 is 1.73 bits per heavy atom. The molecule has 112 valence electrons. The van der Waals surface area contributed by atoms with Crippen molar-refractivity contribution in [2.45, 2.75) is 4.90 Å². The smallest absolute Gasteiger partial charge is 0.291 e. The molecule has 1 amide bonds. The molecular formula is C16H13NO4S. The fraction of sp³-hybridized carbons (Fsp3) is 0.0625. The van der Waals surface area contributed by atoms with Crippen LogP contribution in [0.4, 0.5) is 5.69 Å². The van der Waals surface area contributed by atoms with Crippen LogP contribution in [-0.4, -0.2) is 20.6 Å². The van der Waals surface area contributed by atoms with Crippen LogP contribution in [0.1, 0.15) is 10.6 Å². The van der Waals surface area contributed by atoms with Crippen molar-refractivity contribution < 1.29 is 17.6 Å². The van der Waals surface area contributed by atoms with Gasteiger partial charge < -0.3 is 9.73 Å². The summed E-state index contributed by atoms with van der Waals surface area (Å²) < 4.78 is 28.9. The molecule has 0 aliphatic heterocycles. The highest BCUT2D eigenvalue weighted by atomic mass is 32.2. The summed E-state index contributed by atoms with van der Waals surface area (Å²) in [6, 6.07) is 15.1. The predicted molar refractivity (Wildman–Crippen MR) is 83.7 cm³/mol. The van der Waals surface area contributed by atoms with Crippen LogP contribution in [0.15, 0.2) is 63.9 Å². The van der Waals surface area contributed by atoms with Gasteiger partial charge in [-0.25, -0.2) is 8.42 Å². The van der Waals surface area contributed by atoms with Gasteiger partial charge in [-0.05, 0) is 24.3 Å². The van der Waals surface area contributed by atoms with Gasteiger partial charge in [0.05, 0.1) is 10.6 Å². The fourth-order valence-corrected chi connectivity index (χ4v) is 3.02. The van der Waals surface area contributed by atoms with Crippen LogP contribution in [0.5, 0.6) is 0 Å². The van der Waals surface area contributed by atoms with E-state index in [4.69, 9.17) is 4.42 Å². The quantitative estimate of drug-likeness (QED) is 0.806. The van der Waals surface area contributed by atoms with Crippen molar-refractivity contribution in [1.29, 1.82) is 0 Å². The van der Waals surface area contributed by atoms with E-state index in [9.17, 15) is 13.2 Å². The number of carbonyl (C=O) groups is 1. The molecule has 3 aromatic rings. The molecule has 5 nitrogen and oxygen atoms in total. The Kier molecular flexibility index (Phi) is 3.46. The number of rotatable bonds is 3. The van der Waals surface area contributed by atoms with Crippen molar-refractivity contribution in [3.63, 3.8) is 0 Å². The highest BCUT2D eigenvalue weighted by Gasteiger charge is 2.17. The van der Waals surface area contributed by atoms with Crippen molar-refractivity contribution in [2.24, 2.45) is 0 Å². The van der Waals surface area contributed by atoms with Crippen molar-refractivity contribution in [2.75, 3.05) is 11.6 Å². The molecule has 1 aromatic heterocycles. The van der Waals surface area contributed by atoms with Crippen molar-refractivity contribution in [3.05, 3.63) is 60.4 Å². The van der Waals surface area contributed by atoms with E-state index < -0.39 is 15.7 Å². The molecule has 0 bridgehead atoms. The molecule has 1 heterocycles. The summed E-state index contributed by atoms with van der Waals surface area (Å²) in [5, 5.41) is 3.39. The first kappa shape index (κ1) is 14.3. The first-order chi connectivity index (χ1) is 10.4. The molecule has 0 fully saturated rings. The lowest BCUT2D eigenvalue weighted by molar-refractivity contribution is 0.0998. The van der Waals surface area contributed by atoms with E-state index in [1.54, 1.807) is 24.3 Å². The number of carbonyl (C=O) groups excluding carboxylic acids is 1. The Labute approximate surface area is 127 Å². The minimum absolute atomic E-state index is 0.0689. The fourth-order valence-electron chi connectivity index (χ4n) is 2.17. The molecule has 6 heteroatoms. The van der Waals surface area contributed by atoms with Crippen LogP contribution in [0.25, 0.3) is 11.0 Å². The number of amides is 1. The Bertz CT molecular complexity index is 924. The average molecular weight is 315 g/mol. The number of anilines is 1. The van der Waals surface area contributed by atoms with Crippen molar-refractivity contribution in [3.8, 4) is 0 Å². The number of para-hydroxylation sites is 2. The van der Waals surface area contributed by atoms with Crippen molar-refractivity contribution >= 4 is 32.4 Å². The van der Waals surface area contributed by atoms with Gasteiger partial charge in [0.1, 0.15) is 5.58 Å². The minimum Gasteiger partial charge on any atom is -0.451 e. The molecule has 2 aromatic carbocycles. The third kappa shape index (κ3) is 2.73. The summed E-state index contributed by atoms with van der Waals surface area (Å²) in [6.45, 7) is 0. The van der Waals surface area contributed by atoms with Gasteiger partial charge in [-0.3, -0.25) is 4.79 Å². The van der Waals surface area contributed by atoms with E-state index in [0.29, 0.717) is 5.58 Å². The SMILES string of the molecule is CS(=O)(=O)c1ccccc1NC(=O)c1cc2ccccc2o1. The zero-order valence-electron chi connectivity index (χ0n) is 11.7. The molecule has 22 heavy (non-hydrogen) atoms. The van der Waals surface area contributed by atoms with E-state index in [0.717, 1.165) is 11.6 Å². The average Bonchev–Trinajstić information content (AvgIpc) is 2.90. The first-order valence-corrected chi connectivity index (χ1v) is 8.43. The molecule has 0 unspecified atom stereocenters. The maximum absolute atomic E-state index is 12.3. The normalized spacial score (nSPS) is 11.5. The molecule has 0 aliphatic carbocycles. The van der Waals surface area contributed by atoms with Crippen LogP contribution in [0.2, 0.25) is 0 Å². The predicted octanol–water partition coefficient (Wildman–Crippen LogP) is 3.09. The molecule has 0 saturated heterocycles. The summed E-state index contributed by atoms with van der Waals surface area (Å²) in [6.07, 6.45) is 1.10. The molecular weight excluding hydrogens is 302 g/mol. The van der Waals surface area contributed by atoms with Gasteiger partial charge in [0.15, 0.2) is 15.6 Å². The Balaban J connectivity index is 1.95. The minimum atomic E-state index is -3.43. The number of fused-ring (bicyclic) bond motifs is 1. The van der Waals surface area contributed by atoms with Gasteiger partial charge in [0, 0.05) is 11.6 Å². The number of hydrogen-bond acceptors (Lipinski definition) is 4. The van der Waals surface area contributed by atoms with E-state index >= 15 is 0 Å². The van der Waals surface area contributed by atoms with Crippen LogP contribution >= 0.6 is 0 Å². The molecule has 0 atom stereocenters. The second-order valence-corrected chi connectivity index (χ2v) is 6.86. The van der Waals surface area contributed by atoms with E-state index in [1.807, 2.05) is 18.2 Å². The number of furan rings is 1. The van der Waals surface area contributed by atoms with E-state index in [2.05, 4.69) is 5.32 Å². The topological polar surface area (TPSA) is 76.4 Å². The number of benzene rings is 2. The standard InChI is InChI=1S/C16H13NO4S/c1-22(19,20)15-9-5-3-7-12(15)17-16(18)14-10-11-6-2-4-8-13(11)21-14/h2-10H,1H3,(H,17,18). The van der Waals surface area contributed by atoms with Crippen LogP contribution in [0.3, 0.4) is 0 Å². The second kappa shape index (κ2) is 5.31. The number of sulfone groups is 1. The summed E-state index contributed by atoms with van der Waals surface area (Å²) in [5.41, 5.74) is 0.833.